The Hall–Kier alpha value is -2.96. The summed E-state index contributed by atoms with van der Waals surface area (Å²) in [5.74, 6) is 3.16. The lowest BCUT2D eigenvalue weighted by Crippen LogP contribution is -2.52. The maximum Gasteiger partial charge on any atom is 0.194 e. The first-order valence-electron chi connectivity index (χ1n) is 11.3. The normalized spacial score (nSPS) is 18.4. The van der Waals surface area contributed by atoms with Crippen molar-refractivity contribution in [3.8, 4) is 5.75 Å². The molecule has 0 aliphatic carbocycles. The Morgan fingerprint density at radius 2 is 1.77 bits per heavy atom. The van der Waals surface area contributed by atoms with Crippen LogP contribution in [0.25, 0.3) is 0 Å². The molecule has 0 radical (unpaired) electrons. The van der Waals surface area contributed by atoms with Crippen LogP contribution in [0.15, 0.2) is 47.6 Å². The van der Waals surface area contributed by atoms with Crippen LogP contribution in [-0.4, -0.2) is 67.3 Å². The van der Waals surface area contributed by atoms with Gasteiger partial charge in [-0.25, -0.2) is 4.98 Å². The molecule has 0 atom stereocenters. The quantitative estimate of drug-likeness (QED) is 0.583. The van der Waals surface area contributed by atoms with Crippen molar-refractivity contribution < 1.29 is 5.11 Å². The lowest BCUT2D eigenvalue weighted by atomic mass is 9.99. The molecule has 2 N–H and O–H groups in total. The summed E-state index contributed by atoms with van der Waals surface area (Å²) in [6, 6.07) is 11.8. The third-order valence-electron chi connectivity index (χ3n) is 6.38. The van der Waals surface area contributed by atoms with Crippen molar-refractivity contribution in [2.75, 3.05) is 56.1 Å². The second-order valence-electron chi connectivity index (χ2n) is 8.56. The van der Waals surface area contributed by atoms with Crippen molar-refractivity contribution in [2.45, 2.75) is 26.3 Å². The maximum absolute atomic E-state index is 10.1. The first-order valence-corrected chi connectivity index (χ1v) is 11.3. The molecule has 0 unspecified atom stereocenters. The largest absolute Gasteiger partial charge is 0.506 e. The van der Waals surface area contributed by atoms with Gasteiger partial charge in [0.2, 0.25) is 0 Å². The van der Waals surface area contributed by atoms with Crippen LogP contribution in [0, 0.1) is 5.92 Å². The van der Waals surface area contributed by atoms with Crippen LogP contribution in [0.4, 0.5) is 11.5 Å². The molecule has 2 aromatic rings. The number of guanidine groups is 1. The number of aromatic hydroxyl groups is 1. The fourth-order valence-corrected chi connectivity index (χ4v) is 4.35. The summed E-state index contributed by atoms with van der Waals surface area (Å²) in [4.78, 5) is 16.1. The fourth-order valence-electron chi connectivity index (χ4n) is 4.35. The molecule has 2 saturated heterocycles. The molecular weight excluding hydrogens is 388 g/mol. The predicted octanol–water partition coefficient (Wildman–Crippen LogP) is 2.92. The average molecular weight is 423 g/mol. The van der Waals surface area contributed by atoms with Gasteiger partial charge in [0.1, 0.15) is 11.6 Å². The molecular formula is C24H34N6O. The van der Waals surface area contributed by atoms with Crippen molar-refractivity contribution >= 4 is 17.5 Å². The lowest BCUT2D eigenvalue weighted by Gasteiger charge is -2.37. The molecule has 7 heteroatoms. The highest BCUT2D eigenvalue weighted by Crippen LogP contribution is 2.27. The van der Waals surface area contributed by atoms with Crippen LogP contribution < -0.4 is 15.1 Å². The standard InChI is InChI=1S/C24H34N6O/c1-19-9-11-29(12-10-19)23-8-7-20(17-26-23)18-27-24(25-2)30-15-13-28(14-16-30)21-5-3-4-6-22(21)31/h3-8,17,19,31H,9-16,18H2,1-2H3,(H,25,27). The van der Waals surface area contributed by atoms with E-state index in [9.17, 15) is 5.11 Å². The summed E-state index contributed by atoms with van der Waals surface area (Å²) in [6.07, 6.45) is 4.47. The van der Waals surface area contributed by atoms with E-state index in [-0.39, 0.29) is 0 Å². The molecule has 3 heterocycles. The van der Waals surface area contributed by atoms with E-state index < -0.39 is 0 Å². The van der Waals surface area contributed by atoms with Gasteiger partial charge in [-0.1, -0.05) is 25.1 Å². The topological polar surface area (TPSA) is 67.2 Å². The van der Waals surface area contributed by atoms with Gasteiger partial charge in [0.05, 0.1) is 5.69 Å². The number of piperidine rings is 1. The molecule has 0 saturated carbocycles. The SMILES string of the molecule is CN=C(NCc1ccc(N2CCC(C)CC2)nc1)N1CCN(c2ccccc2O)CC1. The smallest absolute Gasteiger partial charge is 0.194 e. The van der Waals surface area contributed by atoms with Crippen molar-refractivity contribution in [3.63, 3.8) is 0 Å². The Morgan fingerprint density at radius 1 is 1.03 bits per heavy atom. The van der Waals surface area contributed by atoms with Gasteiger partial charge in [0, 0.05) is 59.1 Å². The number of nitrogens with zero attached hydrogens (tertiary/aromatic N) is 5. The molecule has 1 aromatic heterocycles. The van der Waals surface area contributed by atoms with Gasteiger partial charge in [-0.15, -0.1) is 0 Å². The third kappa shape index (κ3) is 5.21. The Kier molecular flexibility index (Phi) is 6.79. The fraction of sp³-hybridized carbons (Fsp3) is 0.500. The first-order chi connectivity index (χ1) is 15.1. The lowest BCUT2D eigenvalue weighted by molar-refractivity contribution is 0.369. The van der Waals surface area contributed by atoms with Crippen molar-refractivity contribution in [1.82, 2.24) is 15.2 Å². The minimum absolute atomic E-state index is 0.341. The number of piperazine rings is 1. The van der Waals surface area contributed by atoms with Gasteiger partial charge in [0.15, 0.2) is 5.96 Å². The number of hydrogen-bond donors (Lipinski definition) is 2. The Balaban J connectivity index is 1.28. The molecule has 0 amide bonds. The molecule has 0 spiro atoms. The second kappa shape index (κ2) is 9.90. The molecule has 2 fully saturated rings. The monoisotopic (exact) mass is 422 g/mol. The molecule has 4 rings (SSSR count). The van der Waals surface area contributed by atoms with Crippen LogP contribution >= 0.6 is 0 Å². The highest BCUT2D eigenvalue weighted by molar-refractivity contribution is 5.80. The molecule has 1 aromatic carbocycles. The summed E-state index contributed by atoms with van der Waals surface area (Å²) in [6.45, 7) is 8.66. The summed E-state index contributed by atoms with van der Waals surface area (Å²) < 4.78 is 0. The maximum atomic E-state index is 10.1. The van der Waals surface area contributed by atoms with Gasteiger partial charge >= 0.3 is 0 Å². The number of anilines is 2. The number of para-hydroxylation sites is 2. The van der Waals surface area contributed by atoms with Gasteiger partial charge in [0.25, 0.3) is 0 Å². The van der Waals surface area contributed by atoms with Crippen LogP contribution in [-0.2, 0) is 6.54 Å². The summed E-state index contributed by atoms with van der Waals surface area (Å²) in [5, 5.41) is 13.6. The zero-order valence-electron chi connectivity index (χ0n) is 18.7. The van der Waals surface area contributed by atoms with E-state index in [1.807, 2.05) is 31.4 Å². The van der Waals surface area contributed by atoms with Gasteiger partial charge in [-0.3, -0.25) is 4.99 Å². The van der Waals surface area contributed by atoms with Gasteiger partial charge < -0.3 is 25.1 Å². The number of phenols is 1. The number of aliphatic imine (C=N–C) groups is 1. The van der Waals surface area contributed by atoms with Crippen LogP contribution in [0.1, 0.15) is 25.3 Å². The minimum atomic E-state index is 0.341. The molecule has 166 valence electrons. The van der Waals surface area contributed by atoms with E-state index in [1.165, 1.54) is 12.8 Å². The Bertz CT molecular complexity index is 868. The van der Waals surface area contributed by atoms with E-state index >= 15 is 0 Å². The van der Waals surface area contributed by atoms with Crippen molar-refractivity contribution in [3.05, 3.63) is 48.2 Å². The van der Waals surface area contributed by atoms with Crippen molar-refractivity contribution in [2.24, 2.45) is 10.9 Å². The van der Waals surface area contributed by atoms with E-state index in [0.29, 0.717) is 12.3 Å². The first kappa shape index (κ1) is 21.3. The number of rotatable bonds is 4. The number of benzene rings is 1. The summed E-state index contributed by atoms with van der Waals surface area (Å²) in [5.41, 5.74) is 2.06. The van der Waals surface area contributed by atoms with Gasteiger partial charge in [-0.2, -0.15) is 0 Å². The zero-order valence-corrected chi connectivity index (χ0v) is 18.7. The molecule has 2 aliphatic heterocycles. The highest BCUT2D eigenvalue weighted by Gasteiger charge is 2.21. The van der Waals surface area contributed by atoms with E-state index in [4.69, 9.17) is 4.98 Å². The third-order valence-corrected chi connectivity index (χ3v) is 6.38. The van der Waals surface area contributed by atoms with E-state index in [1.54, 1.807) is 6.07 Å². The minimum Gasteiger partial charge on any atom is -0.506 e. The number of pyridine rings is 1. The number of nitrogens with one attached hydrogen (secondary N) is 1. The summed E-state index contributed by atoms with van der Waals surface area (Å²) >= 11 is 0. The molecule has 0 bridgehead atoms. The number of aromatic nitrogens is 1. The molecule has 31 heavy (non-hydrogen) atoms. The van der Waals surface area contributed by atoms with Crippen LogP contribution in [0.5, 0.6) is 5.75 Å². The second-order valence-corrected chi connectivity index (χ2v) is 8.56. The summed E-state index contributed by atoms with van der Waals surface area (Å²) in [7, 11) is 1.83. The molecule has 2 aliphatic rings. The van der Waals surface area contributed by atoms with Crippen LogP contribution in [0.3, 0.4) is 0 Å². The number of hydrogen-bond acceptors (Lipinski definition) is 5. The Labute approximate surface area is 185 Å². The average Bonchev–Trinajstić information content (AvgIpc) is 2.81. The number of phenolic OH excluding ortho intramolecular Hbond substituents is 1. The highest BCUT2D eigenvalue weighted by atomic mass is 16.3. The zero-order chi connectivity index (χ0) is 21.6. The molecule has 7 nitrogen and oxygen atoms in total. The van der Waals surface area contributed by atoms with Crippen molar-refractivity contribution in [1.29, 1.82) is 0 Å². The van der Waals surface area contributed by atoms with E-state index in [2.05, 4.69) is 44.1 Å². The van der Waals surface area contributed by atoms with E-state index in [0.717, 1.165) is 68.2 Å². The Morgan fingerprint density at radius 3 is 2.42 bits per heavy atom. The predicted molar refractivity (Wildman–Crippen MR) is 127 cm³/mol. The van der Waals surface area contributed by atoms with Gasteiger partial charge in [-0.05, 0) is 42.5 Å². The van der Waals surface area contributed by atoms with Crippen LogP contribution in [0.2, 0.25) is 0 Å².